The van der Waals surface area contributed by atoms with Gasteiger partial charge < -0.3 is 5.32 Å². The summed E-state index contributed by atoms with van der Waals surface area (Å²) in [4.78, 5) is 0. The molecule has 78 valence electrons. The van der Waals surface area contributed by atoms with Crippen LogP contribution in [-0.2, 0) is 6.54 Å². The molecule has 0 saturated carbocycles. The molecule has 1 aromatic carbocycles. The van der Waals surface area contributed by atoms with Gasteiger partial charge in [-0.3, -0.25) is 0 Å². The number of nitrogens with one attached hydrogen (secondary N) is 1. The van der Waals surface area contributed by atoms with Crippen LogP contribution >= 0.6 is 27.5 Å². The summed E-state index contributed by atoms with van der Waals surface area (Å²) in [5, 5.41) is 7.74. The maximum absolute atomic E-state index is 12.9. The topological polar surface area (TPSA) is 37.8 Å². The lowest BCUT2D eigenvalue weighted by Crippen LogP contribution is -1.97. The molecule has 0 fully saturated rings. The molecule has 15 heavy (non-hydrogen) atoms. The van der Waals surface area contributed by atoms with Crippen molar-refractivity contribution in [2.75, 3.05) is 5.32 Å². The molecule has 0 saturated heterocycles. The van der Waals surface area contributed by atoms with Gasteiger partial charge in [-0.25, -0.2) is 4.39 Å². The first-order valence-electron chi connectivity index (χ1n) is 4.21. The Labute approximate surface area is 98.6 Å². The molecule has 0 unspecified atom stereocenters. The highest BCUT2D eigenvalue weighted by atomic mass is 79.9. The Hall–Kier alpha value is -1.01. The minimum absolute atomic E-state index is 0.252. The Kier molecular flexibility index (Phi) is 3.27. The van der Waals surface area contributed by atoms with Crippen LogP contribution in [0.2, 0.25) is 0 Å². The van der Waals surface area contributed by atoms with E-state index in [9.17, 15) is 4.39 Å². The summed E-state index contributed by atoms with van der Waals surface area (Å²) < 4.78 is 17.1. The molecule has 1 N–H and O–H groups in total. The normalized spacial score (nSPS) is 10.3. The van der Waals surface area contributed by atoms with Crippen LogP contribution in [0.4, 0.5) is 9.39 Å². The summed E-state index contributed by atoms with van der Waals surface area (Å²) in [5.41, 5.74) is 0.997. The molecule has 0 amide bonds. The van der Waals surface area contributed by atoms with Gasteiger partial charge in [-0.2, -0.15) is 0 Å². The van der Waals surface area contributed by atoms with Crippen molar-refractivity contribution in [1.82, 2.24) is 9.59 Å². The van der Waals surface area contributed by atoms with Crippen molar-refractivity contribution < 1.29 is 4.39 Å². The van der Waals surface area contributed by atoms with Crippen LogP contribution < -0.4 is 5.32 Å². The minimum atomic E-state index is -0.252. The molecule has 2 rings (SSSR count). The van der Waals surface area contributed by atoms with E-state index in [1.165, 1.54) is 17.6 Å². The summed E-state index contributed by atoms with van der Waals surface area (Å²) in [6.45, 7) is 0.628. The van der Waals surface area contributed by atoms with E-state index in [0.29, 0.717) is 11.0 Å². The summed E-state index contributed by atoms with van der Waals surface area (Å²) in [6.07, 6.45) is 1.66. The van der Waals surface area contributed by atoms with Crippen LogP contribution in [0.25, 0.3) is 0 Å². The maximum atomic E-state index is 12.9. The van der Waals surface area contributed by atoms with Crippen LogP contribution in [0.1, 0.15) is 5.56 Å². The van der Waals surface area contributed by atoms with Crippen LogP contribution in [0.3, 0.4) is 0 Å². The first-order chi connectivity index (χ1) is 7.25. The van der Waals surface area contributed by atoms with Crippen molar-refractivity contribution in [2.24, 2.45) is 0 Å². The number of hydrogen-bond donors (Lipinski definition) is 1. The van der Waals surface area contributed by atoms with Gasteiger partial charge in [0.25, 0.3) is 0 Å². The number of aromatic nitrogens is 2. The van der Waals surface area contributed by atoms with Crippen molar-refractivity contribution in [3.05, 3.63) is 40.2 Å². The Morgan fingerprint density at radius 1 is 1.47 bits per heavy atom. The van der Waals surface area contributed by atoms with Gasteiger partial charge in [0.2, 0.25) is 0 Å². The fourth-order valence-electron chi connectivity index (χ4n) is 1.08. The second-order valence-electron chi connectivity index (χ2n) is 2.88. The molecule has 0 aliphatic heterocycles. The SMILES string of the molecule is Fc1ccc(CNc2cnns2)cc1Br. The number of rotatable bonds is 3. The molecular weight excluding hydrogens is 281 g/mol. The zero-order chi connectivity index (χ0) is 10.7. The highest BCUT2D eigenvalue weighted by Crippen LogP contribution is 2.18. The first kappa shape index (κ1) is 10.5. The van der Waals surface area contributed by atoms with E-state index in [2.05, 4.69) is 30.8 Å². The van der Waals surface area contributed by atoms with E-state index >= 15 is 0 Å². The van der Waals surface area contributed by atoms with Gasteiger partial charge in [0.15, 0.2) is 0 Å². The number of halogens is 2. The van der Waals surface area contributed by atoms with E-state index in [1.807, 2.05) is 0 Å². The monoisotopic (exact) mass is 287 g/mol. The molecule has 0 aliphatic carbocycles. The van der Waals surface area contributed by atoms with Gasteiger partial charge in [0.05, 0.1) is 10.7 Å². The van der Waals surface area contributed by atoms with Crippen molar-refractivity contribution >= 4 is 32.5 Å². The molecule has 1 heterocycles. The Morgan fingerprint density at radius 2 is 2.33 bits per heavy atom. The molecular formula is C9H7BrFN3S. The van der Waals surface area contributed by atoms with E-state index < -0.39 is 0 Å². The van der Waals surface area contributed by atoms with Crippen molar-refractivity contribution in [2.45, 2.75) is 6.54 Å². The third-order valence-electron chi connectivity index (χ3n) is 1.81. The number of benzene rings is 1. The highest BCUT2D eigenvalue weighted by molar-refractivity contribution is 9.10. The van der Waals surface area contributed by atoms with Gasteiger partial charge >= 0.3 is 0 Å². The molecule has 0 aliphatic rings. The van der Waals surface area contributed by atoms with E-state index in [4.69, 9.17) is 0 Å². The van der Waals surface area contributed by atoms with Crippen LogP contribution in [-0.4, -0.2) is 9.59 Å². The van der Waals surface area contributed by atoms with Crippen molar-refractivity contribution in [1.29, 1.82) is 0 Å². The largest absolute Gasteiger partial charge is 0.370 e. The zero-order valence-electron chi connectivity index (χ0n) is 7.58. The lowest BCUT2D eigenvalue weighted by Gasteiger charge is -2.03. The second kappa shape index (κ2) is 4.67. The molecule has 3 nitrogen and oxygen atoms in total. The third-order valence-corrected chi connectivity index (χ3v) is 3.04. The van der Waals surface area contributed by atoms with Crippen LogP contribution in [0.15, 0.2) is 28.9 Å². The predicted octanol–water partition coefficient (Wildman–Crippen LogP) is 3.05. The molecule has 2 aromatic rings. The zero-order valence-corrected chi connectivity index (χ0v) is 9.98. The standard InChI is InChI=1S/C9H7BrFN3S/c10-7-3-6(1-2-8(7)11)4-12-9-5-13-14-15-9/h1-3,5,12H,4H2. The number of nitrogens with zero attached hydrogens (tertiary/aromatic N) is 2. The average Bonchev–Trinajstić information content (AvgIpc) is 2.73. The molecule has 0 atom stereocenters. The molecule has 0 radical (unpaired) electrons. The fraction of sp³-hybridized carbons (Fsp3) is 0.111. The van der Waals surface area contributed by atoms with Gasteiger partial charge in [-0.15, -0.1) is 5.10 Å². The van der Waals surface area contributed by atoms with Gasteiger partial charge in [-0.05, 0) is 33.6 Å². The van der Waals surface area contributed by atoms with Crippen LogP contribution in [0.5, 0.6) is 0 Å². The first-order valence-corrected chi connectivity index (χ1v) is 5.77. The Bertz CT molecular complexity index is 447. The summed E-state index contributed by atoms with van der Waals surface area (Å²) >= 11 is 4.43. The van der Waals surface area contributed by atoms with Crippen molar-refractivity contribution in [3.8, 4) is 0 Å². The average molecular weight is 288 g/mol. The smallest absolute Gasteiger partial charge is 0.137 e. The van der Waals surface area contributed by atoms with Gasteiger partial charge in [0, 0.05) is 18.1 Å². The summed E-state index contributed by atoms with van der Waals surface area (Å²) in [7, 11) is 0. The quantitative estimate of drug-likeness (QED) is 0.943. The number of hydrogen-bond acceptors (Lipinski definition) is 4. The van der Waals surface area contributed by atoms with E-state index in [0.717, 1.165) is 10.6 Å². The third kappa shape index (κ3) is 2.73. The predicted molar refractivity (Wildman–Crippen MR) is 61.3 cm³/mol. The summed E-state index contributed by atoms with van der Waals surface area (Å²) in [5.74, 6) is -0.252. The maximum Gasteiger partial charge on any atom is 0.137 e. The van der Waals surface area contributed by atoms with Gasteiger partial charge in [-0.1, -0.05) is 10.6 Å². The molecule has 6 heteroatoms. The molecule has 1 aromatic heterocycles. The minimum Gasteiger partial charge on any atom is -0.370 e. The van der Waals surface area contributed by atoms with Crippen LogP contribution in [0, 0.1) is 5.82 Å². The van der Waals surface area contributed by atoms with E-state index in [1.54, 1.807) is 18.3 Å². The lowest BCUT2D eigenvalue weighted by atomic mass is 10.2. The van der Waals surface area contributed by atoms with E-state index in [-0.39, 0.29) is 5.82 Å². The molecule has 0 bridgehead atoms. The van der Waals surface area contributed by atoms with Gasteiger partial charge in [0.1, 0.15) is 10.8 Å². The fourth-order valence-corrected chi connectivity index (χ4v) is 1.92. The lowest BCUT2D eigenvalue weighted by molar-refractivity contribution is 0.620. The second-order valence-corrected chi connectivity index (χ2v) is 4.52. The molecule has 0 spiro atoms. The van der Waals surface area contributed by atoms with Crippen molar-refractivity contribution in [3.63, 3.8) is 0 Å². The number of anilines is 1. The Balaban J connectivity index is 2.02. The Morgan fingerprint density at radius 3 is 3.00 bits per heavy atom. The highest BCUT2D eigenvalue weighted by Gasteiger charge is 2.01. The summed E-state index contributed by atoms with van der Waals surface area (Å²) in [6, 6.07) is 4.92.